The minimum absolute atomic E-state index is 0.109. The molecule has 3 nitrogen and oxygen atoms in total. The lowest BCUT2D eigenvalue weighted by molar-refractivity contribution is 0.0899. The Labute approximate surface area is 81.4 Å². The molecule has 3 N–H and O–H groups in total. The van der Waals surface area contributed by atoms with Crippen molar-refractivity contribution in [3.8, 4) is 0 Å². The van der Waals surface area contributed by atoms with E-state index in [1.807, 2.05) is 0 Å². The molecule has 1 atom stereocenters. The average Bonchev–Trinajstić information content (AvgIpc) is 2.16. The summed E-state index contributed by atoms with van der Waals surface area (Å²) in [5, 5.41) is 8.59. The van der Waals surface area contributed by atoms with Crippen molar-refractivity contribution in [1.29, 1.82) is 0 Å². The van der Waals surface area contributed by atoms with E-state index < -0.39 is 24.2 Å². The van der Waals surface area contributed by atoms with Crippen LogP contribution in [0.4, 0.5) is 4.39 Å². The molecule has 0 unspecified atom stereocenters. The Bertz CT molecular complexity index is 350. The molecule has 0 saturated heterocycles. The standard InChI is InChI=1S/C10H12FNO2/c1-6(12)7-3-2-4-8(10(7)11)9(14)5-13/h2-4,6,13H,5,12H2,1H3/t6-/m1/s1. The van der Waals surface area contributed by atoms with Crippen LogP contribution in [0.3, 0.4) is 0 Å². The molecular weight excluding hydrogens is 185 g/mol. The van der Waals surface area contributed by atoms with Gasteiger partial charge in [-0.2, -0.15) is 0 Å². The number of halogens is 1. The molecular formula is C10H12FNO2. The summed E-state index contributed by atoms with van der Waals surface area (Å²) in [6.07, 6.45) is 0. The van der Waals surface area contributed by atoms with Gasteiger partial charge in [-0.1, -0.05) is 12.1 Å². The molecule has 0 amide bonds. The predicted molar refractivity (Wildman–Crippen MR) is 50.4 cm³/mol. The number of ketones is 1. The molecule has 0 fully saturated rings. The summed E-state index contributed by atoms with van der Waals surface area (Å²) in [6, 6.07) is 3.93. The van der Waals surface area contributed by atoms with Gasteiger partial charge in [0.2, 0.25) is 0 Å². The lowest BCUT2D eigenvalue weighted by atomic mass is 10.0. The summed E-state index contributed by atoms with van der Waals surface area (Å²) in [6.45, 7) is 0.935. The topological polar surface area (TPSA) is 63.3 Å². The molecule has 0 aliphatic rings. The van der Waals surface area contributed by atoms with Gasteiger partial charge in [-0.3, -0.25) is 4.79 Å². The Morgan fingerprint density at radius 2 is 2.29 bits per heavy atom. The highest BCUT2D eigenvalue weighted by atomic mass is 19.1. The SMILES string of the molecule is C[C@@H](N)c1cccc(C(=O)CO)c1F. The van der Waals surface area contributed by atoms with Crippen LogP contribution in [0.5, 0.6) is 0 Å². The largest absolute Gasteiger partial charge is 0.388 e. The molecule has 0 saturated carbocycles. The fraction of sp³-hybridized carbons (Fsp3) is 0.300. The summed E-state index contributed by atoms with van der Waals surface area (Å²) >= 11 is 0. The second kappa shape index (κ2) is 4.30. The fourth-order valence-electron chi connectivity index (χ4n) is 1.20. The number of Topliss-reactive ketones (excluding diaryl/α,β-unsaturated/α-hetero) is 1. The lowest BCUT2D eigenvalue weighted by Crippen LogP contribution is -2.13. The second-order valence-corrected chi connectivity index (χ2v) is 3.08. The summed E-state index contributed by atoms with van der Waals surface area (Å²) in [4.78, 5) is 11.1. The molecule has 1 aromatic rings. The van der Waals surface area contributed by atoms with Crippen molar-refractivity contribution in [3.05, 3.63) is 35.1 Å². The third-order valence-corrected chi connectivity index (χ3v) is 1.96. The maximum absolute atomic E-state index is 13.5. The van der Waals surface area contributed by atoms with Crippen LogP contribution in [0, 0.1) is 5.82 Å². The number of rotatable bonds is 3. The van der Waals surface area contributed by atoms with Gasteiger partial charge in [0.05, 0.1) is 5.56 Å². The number of carbonyl (C=O) groups is 1. The number of nitrogens with two attached hydrogens (primary N) is 1. The van der Waals surface area contributed by atoms with E-state index in [1.54, 1.807) is 13.0 Å². The van der Waals surface area contributed by atoms with Gasteiger partial charge in [-0.15, -0.1) is 0 Å². The van der Waals surface area contributed by atoms with Gasteiger partial charge < -0.3 is 10.8 Å². The van der Waals surface area contributed by atoms with E-state index in [1.165, 1.54) is 12.1 Å². The number of hydrogen-bond donors (Lipinski definition) is 2. The summed E-state index contributed by atoms with van der Waals surface area (Å²) in [7, 11) is 0. The van der Waals surface area contributed by atoms with E-state index in [0.717, 1.165) is 0 Å². The molecule has 0 heterocycles. The van der Waals surface area contributed by atoms with E-state index in [2.05, 4.69) is 0 Å². The van der Waals surface area contributed by atoms with Crippen LogP contribution in [-0.4, -0.2) is 17.5 Å². The van der Waals surface area contributed by atoms with Gasteiger partial charge in [0.25, 0.3) is 0 Å². The maximum Gasteiger partial charge on any atom is 0.191 e. The van der Waals surface area contributed by atoms with E-state index >= 15 is 0 Å². The normalized spacial score (nSPS) is 12.6. The Morgan fingerprint density at radius 1 is 1.64 bits per heavy atom. The number of hydrogen-bond acceptors (Lipinski definition) is 3. The molecule has 76 valence electrons. The maximum atomic E-state index is 13.5. The van der Waals surface area contributed by atoms with Crippen LogP contribution in [0.1, 0.15) is 28.9 Å². The molecule has 0 radical (unpaired) electrons. The Kier molecular flexibility index (Phi) is 3.33. The predicted octanol–water partition coefficient (Wildman–Crippen LogP) is 1.02. The van der Waals surface area contributed by atoms with Crippen molar-refractivity contribution in [3.63, 3.8) is 0 Å². The second-order valence-electron chi connectivity index (χ2n) is 3.08. The Morgan fingerprint density at radius 3 is 2.79 bits per heavy atom. The summed E-state index contributed by atoms with van der Waals surface area (Å²) in [5.74, 6) is -1.27. The highest BCUT2D eigenvalue weighted by Crippen LogP contribution is 2.18. The van der Waals surface area contributed by atoms with Crippen LogP contribution in [0.15, 0.2) is 18.2 Å². The van der Waals surface area contributed by atoms with Crippen molar-refractivity contribution in [2.45, 2.75) is 13.0 Å². The highest BCUT2D eigenvalue weighted by Gasteiger charge is 2.15. The minimum atomic E-state index is -0.695. The van der Waals surface area contributed by atoms with Crippen molar-refractivity contribution in [2.24, 2.45) is 5.73 Å². The molecule has 14 heavy (non-hydrogen) atoms. The van der Waals surface area contributed by atoms with Gasteiger partial charge in [-0.05, 0) is 13.0 Å². The first-order valence-corrected chi connectivity index (χ1v) is 4.26. The smallest absolute Gasteiger partial charge is 0.191 e. The first-order chi connectivity index (χ1) is 6.57. The van der Waals surface area contributed by atoms with Gasteiger partial charge in [0, 0.05) is 11.6 Å². The zero-order valence-corrected chi connectivity index (χ0v) is 7.83. The van der Waals surface area contributed by atoms with E-state index in [9.17, 15) is 9.18 Å². The molecule has 4 heteroatoms. The summed E-state index contributed by atoms with van der Waals surface area (Å²) < 4.78 is 13.5. The Hall–Kier alpha value is -1.26. The average molecular weight is 197 g/mol. The van der Waals surface area contributed by atoms with Crippen molar-refractivity contribution in [2.75, 3.05) is 6.61 Å². The first kappa shape index (κ1) is 10.8. The van der Waals surface area contributed by atoms with Crippen LogP contribution in [0.25, 0.3) is 0 Å². The molecule has 1 rings (SSSR count). The third kappa shape index (κ3) is 1.97. The quantitative estimate of drug-likeness (QED) is 0.711. The minimum Gasteiger partial charge on any atom is -0.388 e. The van der Waals surface area contributed by atoms with Crippen molar-refractivity contribution >= 4 is 5.78 Å². The highest BCUT2D eigenvalue weighted by molar-refractivity contribution is 5.97. The lowest BCUT2D eigenvalue weighted by Gasteiger charge is -2.09. The van der Waals surface area contributed by atoms with Crippen LogP contribution >= 0.6 is 0 Å². The van der Waals surface area contributed by atoms with Crippen LogP contribution in [0.2, 0.25) is 0 Å². The van der Waals surface area contributed by atoms with Crippen molar-refractivity contribution < 1.29 is 14.3 Å². The number of carbonyl (C=O) groups excluding carboxylic acids is 1. The zero-order chi connectivity index (χ0) is 10.7. The van der Waals surface area contributed by atoms with Gasteiger partial charge in [-0.25, -0.2) is 4.39 Å². The fourth-order valence-corrected chi connectivity index (χ4v) is 1.20. The van der Waals surface area contributed by atoms with E-state index in [-0.39, 0.29) is 11.1 Å². The number of benzene rings is 1. The van der Waals surface area contributed by atoms with Gasteiger partial charge in [0.15, 0.2) is 5.78 Å². The molecule has 0 aliphatic carbocycles. The monoisotopic (exact) mass is 197 g/mol. The van der Waals surface area contributed by atoms with E-state index in [4.69, 9.17) is 10.8 Å². The third-order valence-electron chi connectivity index (χ3n) is 1.96. The zero-order valence-electron chi connectivity index (χ0n) is 7.83. The molecule has 0 spiro atoms. The summed E-state index contributed by atoms with van der Waals surface area (Å²) in [5.41, 5.74) is 5.68. The Balaban J connectivity index is 3.20. The van der Waals surface area contributed by atoms with Crippen molar-refractivity contribution in [1.82, 2.24) is 0 Å². The van der Waals surface area contributed by atoms with Crippen LogP contribution in [-0.2, 0) is 0 Å². The van der Waals surface area contributed by atoms with Gasteiger partial charge in [0.1, 0.15) is 12.4 Å². The molecule has 1 aromatic carbocycles. The number of aliphatic hydroxyl groups is 1. The van der Waals surface area contributed by atoms with Gasteiger partial charge >= 0.3 is 0 Å². The number of aliphatic hydroxyl groups excluding tert-OH is 1. The molecule has 0 aliphatic heterocycles. The first-order valence-electron chi connectivity index (χ1n) is 4.26. The molecule has 0 bridgehead atoms. The molecule has 0 aromatic heterocycles. The van der Waals surface area contributed by atoms with Crippen LogP contribution < -0.4 is 5.73 Å². The van der Waals surface area contributed by atoms with E-state index in [0.29, 0.717) is 0 Å².